The summed E-state index contributed by atoms with van der Waals surface area (Å²) in [5.74, 6) is 0. The van der Waals surface area contributed by atoms with Crippen molar-refractivity contribution in [3.05, 3.63) is 83.9 Å². The van der Waals surface area contributed by atoms with Gasteiger partial charge in [0.15, 0.2) is 0 Å². The van der Waals surface area contributed by atoms with Gasteiger partial charge in [-0.25, -0.2) is 0 Å². The molecule has 0 nitrogen and oxygen atoms in total. The van der Waals surface area contributed by atoms with E-state index in [1.54, 1.807) is 0 Å². The van der Waals surface area contributed by atoms with Crippen LogP contribution in [-0.4, -0.2) is 0 Å². The van der Waals surface area contributed by atoms with Gasteiger partial charge in [-0.3, -0.25) is 0 Å². The fourth-order valence-corrected chi connectivity index (χ4v) is 1.92. The second-order valence-corrected chi connectivity index (χ2v) is 5.18. The van der Waals surface area contributed by atoms with E-state index in [4.69, 9.17) is 0 Å². The number of hydrogen-bond acceptors (Lipinski definition) is 0. The third-order valence-corrected chi connectivity index (χ3v) is 3.18. The Kier molecular flexibility index (Phi) is 10.3. The molecule has 2 aromatic carbocycles. The van der Waals surface area contributed by atoms with Crippen molar-refractivity contribution in [1.82, 2.24) is 0 Å². The normalized spacial score (nSPS) is 10.6. The van der Waals surface area contributed by atoms with Gasteiger partial charge in [0, 0.05) is 0 Å². The van der Waals surface area contributed by atoms with Crippen LogP contribution < -0.4 is 0 Å². The molecule has 0 heterocycles. The molecule has 0 spiro atoms. The molecule has 0 saturated heterocycles. The summed E-state index contributed by atoms with van der Waals surface area (Å²) in [6.07, 6.45) is 13.6. The molecule has 2 rings (SSSR count). The standard InChI is InChI=1S/C12H16.C10H12/c1-2-3-4-6-9-12-10-7-5-8-11-12;1-2-3-7-10-8-5-4-6-9-10/h5-11H,2-4H2,1H3;3-9H,2H2,1H3. The lowest BCUT2D eigenvalue weighted by molar-refractivity contribution is 0.816. The molecule has 116 valence electrons. The van der Waals surface area contributed by atoms with Crippen molar-refractivity contribution in [1.29, 1.82) is 0 Å². The van der Waals surface area contributed by atoms with Crippen LogP contribution in [0.1, 0.15) is 50.7 Å². The predicted octanol–water partition coefficient (Wildman–Crippen LogP) is 7.00. The van der Waals surface area contributed by atoms with Crippen molar-refractivity contribution in [3.63, 3.8) is 0 Å². The third kappa shape index (κ3) is 8.97. The molecule has 0 amide bonds. The molecule has 2 aromatic rings. The van der Waals surface area contributed by atoms with E-state index in [0.717, 1.165) is 6.42 Å². The monoisotopic (exact) mass is 292 g/mol. The first-order valence-electron chi connectivity index (χ1n) is 8.30. The Morgan fingerprint density at radius 1 is 0.682 bits per heavy atom. The fraction of sp³-hybridized carbons (Fsp3) is 0.273. The molecule has 0 aliphatic carbocycles. The first kappa shape index (κ1) is 18.0. The minimum Gasteiger partial charge on any atom is -0.0842 e. The van der Waals surface area contributed by atoms with Crippen molar-refractivity contribution in [2.24, 2.45) is 0 Å². The van der Waals surface area contributed by atoms with Crippen LogP contribution in [0.2, 0.25) is 0 Å². The fourth-order valence-electron chi connectivity index (χ4n) is 1.92. The number of rotatable bonds is 6. The van der Waals surface area contributed by atoms with Gasteiger partial charge in [-0.15, -0.1) is 0 Å². The maximum Gasteiger partial charge on any atom is -0.0260 e. The molecule has 0 bridgehead atoms. The van der Waals surface area contributed by atoms with Crippen LogP contribution in [0.15, 0.2) is 72.8 Å². The van der Waals surface area contributed by atoms with Crippen LogP contribution in [0.5, 0.6) is 0 Å². The quantitative estimate of drug-likeness (QED) is 0.503. The van der Waals surface area contributed by atoms with Crippen molar-refractivity contribution in [2.45, 2.75) is 39.5 Å². The average Bonchev–Trinajstić information content (AvgIpc) is 2.59. The first-order chi connectivity index (χ1) is 10.9. The van der Waals surface area contributed by atoms with E-state index >= 15 is 0 Å². The van der Waals surface area contributed by atoms with E-state index in [-0.39, 0.29) is 0 Å². The van der Waals surface area contributed by atoms with E-state index < -0.39 is 0 Å². The zero-order valence-electron chi connectivity index (χ0n) is 13.9. The van der Waals surface area contributed by atoms with Crippen LogP contribution in [-0.2, 0) is 0 Å². The molecular weight excluding hydrogens is 264 g/mol. The molecule has 0 radical (unpaired) electrons. The molecular formula is C22H28. The van der Waals surface area contributed by atoms with Crippen molar-refractivity contribution in [3.8, 4) is 0 Å². The van der Waals surface area contributed by atoms with Crippen LogP contribution >= 0.6 is 0 Å². The van der Waals surface area contributed by atoms with Crippen molar-refractivity contribution < 1.29 is 0 Å². The Bertz CT molecular complexity index is 520. The second kappa shape index (κ2) is 12.6. The largest absolute Gasteiger partial charge is 0.0842 e. The smallest absolute Gasteiger partial charge is 0.0260 e. The van der Waals surface area contributed by atoms with E-state index in [0.29, 0.717) is 0 Å². The molecule has 0 aromatic heterocycles. The highest BCUT2D eigenvalue weighted by molar-refractivity contribution is 5.49. The van der Waals surface area contributed by atoms with E-state index in [9.17, 15) is 0 Å². The van der Waals surface area contributed by atoms with Crippen LogP contribution in [0.4, 0.5) is 0 Å². The van der Waals surface area contributed by atoms with Gasteiger partial charge < -0.3 is 0 Å². The van der Waals surface area contributed by atoms with E-state index in [1.165, 1.54) is 30.4 Å². The van der Waals surface area contributed by atoms with Gasteiger partial charge in [-0.1, -0.05) is 112 Å². The molecule has 22 heavy (non-hydrogen) atoms. The SMILES string of the molecule is CCC=Cc1ccccc1.CCCCC=Cc1ccccc1. The average molecular weight is 292 g/mol. The maximum absolute atomic E-state index is 2.25. The minimum atomic E-state index is 1.11. The second-order valence-electron chi connectivity index (χ2n) is 5.18. The van der Waals surface area contributed by atoms with Gasteiger partial charge >= 0.3 is 0 Å². The lowest BCUT2D eigenvalue weighted by Crippen LogP contribution is -1.69. The van der Waals surface area contributed by atoms with Crippen LogP contribution in [0, 0.1) is 0 Å². The zero-order valence-corrected chi connectivity index (χ0v) is 13.9. The third-order valence-electron chi connectivity index (χ3n) is 3.18. The van der Waals surface area contributed by atoms with E-state index in [2.05, 4.69) is 86.7 Å². The summed E-state index contributed by atoms with van der Waals surface area (Å²) in [6, 6.07) is 20.8. The van der Waals surface area contributed by atoms with Gasteiger partial charge in [0.1, 0.15) is 0 Å². The van der Waals surface area contributed by atoms with Gasteiger partial charge in [-0.05, 0) is 24.0 Å². The van der Waals surface area contributed by atoms with Crippen LogP contribution in [0.25, 0.3) is 12.2 Å². The summed E-state index contributed by atoms with van der Waals surface area (Å²) in [6.45, 7) is 4.36. The predicted molar refractivity (Wildman–Crippen MR) is 101 cm³/mol. The summed E-state index contributed by atoms with van der Waals surface area (Å²) in [4.78, 5) is 0. The lowest BCUT2D eigenvalue weighted by Gasteiger charge is -1.91. The molecule has 0 atom stereocenters. The number of benzene rings is 2. The molecule has 0 saturated carbocycles. The maximum atomic E-state index is 2.25. The summed E-state index contributed by atoms with van der Waals surface area (Å²) in [5.41, 5.74) is 2.58. The van der Waals surface area contributed by atoms with Crippen molar-refractivity contribution in [2.75, 3.05) is 0 Å². The van der Waals surface area contributed by atoms with Gasteiger partial charge in [0.2, 0.25) is 0 Å². The zero-order chi connectivity index (χ0) is 15.9. The van der Waals surface area contributed by atoms with Gasteiger partial charge in [0.05, 0.1) is 0 Å². The number of unbranched alkanes of at least 4 members (excludes halogenated alkanes) is 2. The molecule has 0 heteroatoms. The summed E-state index contributed by atoms with van der Waals surface area (Å²) in [5, 5.41) is 0. The summed E-state index contributed by atoms with van der Waals surface area (Å²) in [7, 11) is 0. The Hall–Kier alpha value is -2.08. The molecule has 0 fully saturated rings. The Labute approximate surface area is 136 Å². The first-order valence-corrected chi connectivity index (χ1v) is 8.30. The number of allylic oxidation sites excluding steroid dienone is 2. The molecule has 0 N–H and O–H groups in total. The summed E-state index contributed by atoms with van der Waals surface area (Å²) >= 11 is 0. The number of hydrogen-bond donors (Lipinski definition) is 0. The Morgan fingerprint density at radius 2 is 1.18 bits per heavy atom. The highest BCUT2D eigenvalue weighted by Gasteiger charge is 1.82. The van der Waals surface area contributed by atoms with Crippen LogP contribution in [0.3, 0.4) is 0 Å². The minimum absolute atomic E-state index is 1.11. The van der Waals surface area contributed by atoms with Crippen molar-refractivity contribution >= 4 is 12.2 Å². The topological polar surface area (TPSA) is 0 Å². The highest BCUT2D eigenvalue weighted by Crippen LogP contribution is 2.03. The lowest BCUT2D eigenvalue weighted by atomic mass is 10.2. The van der Waals surface area contributed by atoms with Gasteiger partial charge in [0.25, 0.3) is 0 Å². The Morgan fingerprint density at radius 3 is 1.64 bits per heavy atom. The Balaban J connectivity index is 0.000000224. The molecule has 0 aliphatic rings. The highest BCUT2D eigenvalue weighted by atomic mass is 13.9. The summed E-state index contributed by atoms with van der Waals surface area (Å²) < 4.78 is 0. The van der Waals surface area contributed by atoms with Gasteiger partial charge in [-0.2, -0.15) is 0 Å². The van der Waals surface area contributed by atoms with E-state index in [1.807, 2.05) is 12.1 Å². The molecule has 0 unspecified atom stereocenters. The molecule has 0 aliphatic heterocycles.